The van der Waals surface area contributed by atoms with Gasteiger partial charge in [-0.1, -0.05) is 0 Å². The molecule has 0 N–H and O–H groups in total. The van der Waals surface area contributed by atoms with Crippen molar-refractivity contribution in [1.82, 2.24) is 4.90 Å². The van der Waals surface area contributed by atoms with E-state index in [9.17, 15) is 4.79 Å². The molecule has 1 radical (unpaired) electrons. The summed E-state index contributed by atoms with van der Waals surface area (Å²) in [5, 5.41) is 0. The highest BCUT2D eigenvalue weighted by Gasteiger charge is 2.27. The zero-order chi connectivity index (χ0) is 9.10. The third-order valence-electron chi connectivity index (χ3n) is 3.21. The molecule has 0 spiro atoms. The van der Waals surface area contributed by atoms with Gasteiger partial charge in [0.1, 0.15) is 0 Å². The fourth-order valence-electron chi connectivity index (χ4n) is 2.37. The fourth-order valence-corrected chi connectivity index (χ4v) is 2.37. The van der Waals surface area contributed by atoms with E-state index in [1.807, 2.05) is 0 Å². The van der Waals surface area contributed by atoms with Crippen molar-refractivity contribution < 1.29 is 4.79 Å². The van der Waals surface area contributed by atoms with Crippen LogP contribution in [0.4, 0.5) is 0 Å². The molecule has 73 valence electrons. The summed E-state index contributed by atoms with van der Waals surface area (Å²) >= 11 is 0. The van der Waals surface area contributed by atoms with E-state index in [1.54, 1.807) is 0 Å². The Morgan fingerprint density at radius 2 is 1.77 bits per heavy atom. The van der Waals surface area contributed by atoms with Gasteiger partial charge in [0.15, 0.2) is 0 Å². The lowest BCUT2D eigenvalue weighted by atomic mass is 9.88. The van der Waals surface area contributed by atoms with Gasteiger partial charge in [-0.2, -0.15) is 0 Å². The minimum Gasteiger partial charge on any atom is -0.342 e. The van der Waals surface area contributed by atoms with E-state index in [0.29, 0.717) is 11.8 Å². The van der Waals surface area contributed by atoms with Crippen LogP contribution in [0.1, 0.15) is 38.5 Å². The van der Waals surface area contributed by atoms with Crippen molar-refractivity contribution in [1.29, 1.82) is 0 Å². The van der Waals surface area contributed by atoms with E-state index in [-0.39, 0.29) is 0 Å². The molecule has 0 aromatic heterocycles. The largest absolute Gasteiger partial charge is 0.342 e. The Morgan fingerprint density at radius 1 is 1.15 bits per heavy atom. The molecule has 2 heteroatoms. The van der Waals surface area contributed by atoms with Crippen molar-refractivity contribution in [2.75, 3.05) is 13.1 Å². The van der Waals surface area contributed by atoms with Gasteiger partial charge >= 0.3 is 0 Å². The number of rotatable bonds is 1. The lowest BCUT2D eigenvalue weighted by Crippen LogP contribution is -2.34. The van der Waals surface area contributed by atoms with E-state index in [2.05, 4.69) is 11.3 Å². The van der Waals surface area contributed by atoms with E-state index < -0.39 is 0 Å². The van der Waals surface area contributed by atoms with Crippen LogP contribution in [0.5, 0.6) is 0 Å². The Hall–Kier alpha value is -0.530. The van der Waals surface area contributed by atoms with Crippen LogP contribution in [0, 0.1) is 12.3 Å². The molecule has 1 amide bonds. The van der Waals surface area contributed by atoms with Gasteiger partial charge in [-0.15, -0.1) is 0 Å². The summed E-state index contributed by atoms with van der Waals surface area (Å²) in [6, 6.07) is 0. The predicted molar refractivity (Wildman–Crippen MR) is 52.1 cm³/mol. The van der Waals surface area contributed by atoms with Gasteiger partial charge in [0.25, 0.3) is 0 Å². The number of carbonyl (C=O) groups is 1. The highest BCUT2D eigenvalue weighted by atomic mass is 16.2. The number of amides is 1. The average Bonchev–Trinajstić information content (AvgIpc) is 2.71. The van der Waals surface area contributed by atoms with Crippen molar-refractivity contribution in [3.8, 4) is 0 Å². The number of hydrogen-bond acceptors (Lipinski definition) is 1. The molecular formula is C11H18NO. The Labute approximate surface area is 80.3 Å². The highest BCUT2D eigenvalue weighted by molar-refractivity contribution is 5.79. The topological polar surface area (TPSA) is 20.3 Å². The lowest BCUT2D eigenvalue weighted by molar-refractivity contribution is -0.135. The van der Waals surface area contributed by atoms with Crippen molar-refractivity contribution in [2.24, 2.45) is 5.92 Å². The quantitative estimate of drug-likeness (QED) is 0.604. The first-order chi connectivity index (χ1) is 6.38. The second kappa shape index (κ2) is 4.12. The first-order valence-electron chi connectivity index (χ1n) is 5.48. The molecular weight excluding hydrogens is 162 g/mol. The molecule has 1 aliphatic carbocycles. The van der Waals surface area contributed by atoms with E-state index in [4.69, 9.17) is 0 Å². The summed E-state index contributed by atoms with van der Waals surface area (Å²) in [5.41, 5.74) is 0. The van der Waals surface area contributed by atoms with Gasteiger partial charge in [-0.3, -0.25) is 4.79 Å². The first-order valence-corrected chi connectivity index (χ1v) is 5.48. The molecule has 0 unspecified atom stereocenters. The summed E-state index contributed by atoms with van der Waals surface area (Å²) in [6.07, 6.45) is 9.21. The smallest absolute Gasteiger partial charge is 0.225 e. The van der Waals surface area contributed by atoms with E-state index in [1.165, 1.54) is 12.8 Å². The summed E-state index contributed by atoms with van der Waals surface area (Å²) in [5.74, 6) is 0.786. The highest BCUT2D eigenvalue weighted by Crippen LogP contribution is 2.25. The monoisotopic (exact) mass is 180 g/mol. The molecule has 13 heavy (non-hydrogen) atoms. The number of likely N-dealkylation sites (tertiary alicyclic amines) is 1. The van der Waals surface area contributed by atoms with Gasteiger partial charge < -0.3 is 4.90 Å². The number of nitrogens with zero attached hydrogens (tertiary/aromatic N) is 1. The van der Waals surface area contributed by atoms with E-state index in [0.717, 1.165) is 38.8 Å². The molecule has 1 saturated carbocycles. The van der Waals surface area contributed by atoms with Crippen LogP contribution in [0.25, 0.3) is 0 Å². The molecule has 0 bridgehead atoms. The van der Waals surface area contributed by atoms with Crippen LogP contribution in [-0.4, -0.2) is 23.9 Å². The summed E-state index contributed by atoms with van der Waals surface area (Å²) in [7, 11) is 0. The van der Waals surface area contributed by atoms with Crippen molar-refractivity contribution in [3.05, 3.63) is 6.42 Å². The normalized spacial score (nSPS) is 25.1. The third-order valence-corrected chi connectivity index (χ3v) is 3.21. The summed E-state index contributed by atoms with van der Waals surface area (Å²) < 4.78 is 0. The molecule has 2 aliphatic rings. The average molecular weight is 180 g/mol. The van der Waals surface area contributed by atoms with Gasteiger partial charge in [0.2, 0.25) is 5.91 Å². The molecule has 1 heterocycles. The molecule has 0 aromatic carbocycles. The Bertz CT molecular complexity index is 179. The SMILES string of the molecule is O=C(C1CC[CH]CC1)N1CCCC1. The molecule has 1 saturated heterocycles. The van der Waals surface area contributed by atoms with Crippen LogP contribution >= 0.6 is 0 Å². The third kappa shape index (κ3) is 2.04. The van der Waals surface area contributed by atoms with Crippen LogP contribution < -0.4 is 0 Å². The van der Waals surface area contributed by atoms with Gasteiger partial charge in [0, 0.05) is 19.0 Å². The van der Waals surface area contributed by atoms with Crippen LogP contribution in [-0.2, 0) is 4.79 Å². The molecule has 0 aromatic rings. The van der Waals surface area contributed by atoms with Crippen molar-refractivity contribution in [2.45, 2.75) is 38.5 Å². The van der Waals surface area contributed by atoms with Gasteiger partial charge in [0.05, 0.1) is 0 Å². The minimum atomic E-state index is 0.350. The second-order valence-corrected chi connectivity index (χ2v) is 4.17. The maximum atomic E-state index is 11.9. The molecule has 2 rings (SSSR count). The van der Waals surface area contributed by atoms with Crippen LogP contribution in [0.2, 0.25) is 0 Å². The predicted octanol–water partition coefficient (Wildman–Crippen LogP) is 2.00. The van der Waals surface area contributed by atoms with Crippen molar-refractivity contribution >= 4 is 5.91 Å². The second-order valence-electron chi connectivity index (χ2n) is 4.17. The maximum Gasteiger partial charge on any atom is 0.225 e. The molecule has 2 nitrogen and oxygen atoms in total. The zero-order valence-corrected chi connectivity index (χ0v) is 8.17. The zero-order valence-electron chi connectivity index (χ0n) is 8.17. The van der Waals surface area contributed by atoms with Gasteiger partial charge in [-0.05, 0) is 44.9 Å². The van der Waals surface area contributed by atoms with Crippen LogP contribution in [0.15, 0.2) is 0 Å². The lowest BCUT2D eigenvalue weighted by Gasteiger charge is -2.25. The van der Waals surface area contributed by atoms with Crippen LogP contribution in [0.3, 0.4) is 0 Å². The molecule has 2 fully saturated rings. The van der Waals surface area contributed by atoms with Gasteiger partial charge in [-0.25, -0.2) is 0 Å². The standard InChI is InChI=1S/C11H18NO/c13-11(12-8-4-5-9-12)10-6-2-1-3-7-10/h1,10H,2-9H2. The maximum absolute atomic E-state index is 11.9. The Kier molecular flexibility index (Phi) is 2.87. The van der Waals surface area contributed by atoms with Crippen molar-refractivity contribution in [3.63, 3.8) is 0 Å². The Morgan fingerprint density at radius 3 is 2.38 bits per heavy atom. The Balaban J connectivity index is 1.87. The minimum absolute atomic E-state index is 0.350. The fraction of sp³-hybridized carbons (Fsp3) is 0.818. The first kappa shape index (κ1) is 9.04. The molecule has 1 aliphatic heterocycles. The number of hydrogen-bond donors (Lipinski definition) is 0. The van der Waals surface area contributed by atoms with E-state index >= 15 is 0 Å². The summed E-state index contributed by atoms with van der Waals surface area (Å²) in [4.78, 5) is 14.0. The summed E-state index contributed by atoms with van der Waals surface area (Å²) in [6.45, 7) is 2.03. The molecule has 0 atom stereocenters. The number of carbonyl (C=O) groups excluding carboxylic acids is 1.